The third kappa shape index (κ3) is 5.09. The Morgan fingerprint density at radius 1 is 1.30 bits per heavy atom. The molecule has 9 heteroatoms. The van der Waals surface area contributed by atoms with Crippen LogP contribution in [-0.4, -0.2) is 36.8 Å². The van der Waals surface area contributed by atoms with Gasteiger partial charge in [-0.05, 0) is 67.4 Å². The highest BCUT2D eigenvalue weighted by molar-refractivity contribution is 7.10. The predicted molar refractivity (Wildman–Crippen MR) is 118 cm³/mol. The number of aromatic nitrogens is 3. The number of thiophene rings is 1. The number of hydrogen-bond donors (Lipinski definition) is 1. The number of nitrogens with one attached hydrogen (secondary N) is 1. The van der Waals surface area contributed by atoms with Gasteiger partial charge in [-0.2, -0.15) is 0 Å². The molecule has 0 aromatic carbocycles. The van der Waals surface area contributed by atoms with Gasteiger partial charge in [0.25, 0.3) is 5.91 Å². The van der Waals surface area contributed by atoms with Crippen molar-refractivity contribution < 1.29 is 9.59 Å². The van der Waals surface area contributed by atoms with E-state index >= 15 is 0 Å². The van der Waals surface area contributed by atoms with Gasteiger partial charge in [0.05, 0.1) is 0 Å². The van der Waals surface area contributed by atoms with Gasteiger partial charge in [-0.25, -0.2) is 0 Å². The summed E-state index contributed by atoms with van der Waals surface area (Å²) in [4.78, 5) is 33.5. The van der Waals surface area contributed by atoms with Gasteiger partial charge >= 0.3 is 0 Å². The molecule has 0 saturated carbocycles. The minimum absolute atomic E-state index is 0.215. The molecule has 3 rings (SSSR count). The summed E-state index contributed by atoms with van der Waals surface area (Å²) in [7, 11) is 0. The van der Waals surface area contributed by atoms with E-state index in [1.54, 1.807) is 22.7 Å². The van der Waals surface area contributed by atoms with Gasteiger partial charge in [-0.3, -0.25) is 14.6 Å². The SMILES string of the molecule is CCC(C)(C)NC(=O)C(c1sccc1C)N(Cc1cccnc1)C(=O)c1csnn1. The van der Waals surface area contributed by atoms with Crippen molar-refractivity contribution in [3.8, 4) is 0 Å². The van der Waals surface area contributed by atoms with Crippen LogP contribution in [0.25, 0.3) is 0 Å². The first-order chi connectivity index (χ1) is 14.3. The van der Waals surface area contributed by atoms with Crippen LogP contribution in [-0.2, 0) is 11.3 Å². The molecule has 1 unspecified atom stereocenters. The molecule has 1 atom stereocenters. The lowest BCUT2D eigenvalue weighted by Crippen LogP contribution is -2.50. The Balaban J connectivity index is 2.06. The van der Waals surface area contributed by atoms with Crippen LogP contribution >= 0.6 is 22.9 Å². The van der Waals surface area contributed by atoms with Crippen LogP contribution in [0.5, 0.6) is 0 Å². The van der Waals surface area contributed by atoms with Gasteiger partial charge in [0.15, 0.2) is 5.69 Å². The van der Waals surface area contributed by atoms with Crippen LogP contribution in [0.2, 0.25) is 0 Å². The molecule has 158 valence electrons. The number of pyridine rings is 1. The summed E-state index contributed by atoms with van der Waals surface area (Å²) in [5.41, 5.74) is 1.63. The summed E-state index contributed by atoms with van der Waals surface area (Å²) < 4.78 is 3.82. The van der Waals surface area contributed by atoms with E-state index in [4.69, 9.17) is 0 Å². The van der Waals surface area contributed by atoms with E-state index in [-0.39, 0.29) is 24.1 Å². The highest BCUT2D eigenvalue weighted by atomic mass is 32.1. The summed E-state index contributed by atoms with van der Waals surface area (Å²) >= 11 is 2.58. The maximum absolute atomic E-state index is 13.5. The average molecular weight is 444 g/mol. The Kier molecular flexibility index (Phi) is 6.94. The Morgan fingerprint density at radius 3 is 2.67 bits per heavy atom. The largest absolute Gasteiger partial charge is 0.349 e. The second-order valence-corrected chi connectivity index (χ2v) is 9.24. The lowest BCUT2D eigenvalue weighted by Gasteiger charge is -2.34. The first-order valence-corrected chi connectivity index (χ1v) is 11.4. The summed E-state index contributed by atoms with van der Waals surface area (Å²) in [6, 6.07) is 4.88. The van der Waals surface area contributed by atoms with Crippen LogP contribution in [0.1, 0.15) is 59.7 Å². The van der Waals surface area contributed by atoms with Crippen LogP contribution in [0.15, 0.2) is 41.4 Å². The molecule has 0 fully saturated rings. The summed E-state index contributed by atoms with van der Waals surface area (Å²) in [5.74, 6) is -0.553. The highest BCUT2D eigenvalue weighted by Gasteiger charge is 2.36. The maximum Gasteiger partial charge on any atom is 0.276 e. The lowest BCUT2D eigenvalue weighted by molar-refractivity contribution is -0.127. The van der Waals surface area contributed by atoms with E-state index in [2.05, 4.69) is 19.9 Å². The normalized spacial score (nSPS) is 12.4. The number of amides is 2. The number of hydrogen-bond acceptors (Lipinski definition) is 7. The van der Waals surface area contributed by atoms with Crippen molar-refractivity contribution in [3.63, 3.8) is 0 Å². The van der Waals surface area contributed by atoms with Crippen molar-refractivity contribution in [3.05, 3.63) is 63.1 Å². The Morgan fingerprint density at radius 2 is 2.10 bits per heavy atom. The second kappa shape index (κ2) is 9.44. The number of carbonyl (C=O) groups excluding carboxylic acids is 2. The van der Waals surface area contributed by atoms with Crippen molar-refractivity contribution in [1.29, 1.82) is 0 Å². The standard InChI is InChI=1S/C21H25N5O2S2/c1-5-21(3,4)23-19(27)17(18-14(2)8-10-29-18)26(12-15-7-6-9-22-11-15)20(28)16-13-30-25-24-16/h6-11,13,17H,5,12H2,1-4H3,(H,23,27). The number of rotatable bonds is 8. The van der Waals surface area contributed by atoms with E-state index < -0.39 is 11.6 Å². The molecule has 7 nitrogen and oxygen atoms in total. The van der Waals surface area contributed by atoms with Crippen LogP contribution in [0.4, 0.5) is 0 Å². The molecule has 3 aromatic rings. The fourth-order valence-corrected chi connectivity index (χ4v) is 4.40. The first-order valence-electron chi connectivity index (χ1n) is 9.65. The van der Waals surface area contributed by atoms with Gasteiger partial charge in [-0.1, -0.05) is 17.5 Å². The van der Waals surface area contributed by atoms with Gasteiger partial charge in [0.1, 0.15) is 6.04 Å². The number of carbonyl (C=O) groups is 2. The number of nitrogens with zero attached hydrogens (tertiary/aromatic N) is 4. The van der Waals surface area contributed by atoms with Gasteiger partial charge in [0, 0.05) is 34.7 Å². The predicted octanol–water partition coefficient (Wildman–Crippen LogP) is 3.99. The number of aryl methyl sites for hydroxylation is 1. The van der Waals surface area contributed by atoms with Gasteiger partial charge in [-0.15, -0.1) is 16.4 Å². The molecule has 0 bridgehead atoms. The summed E-state index contributed by atoms with van der Waals surface area (Å²) in [5, 5.41) is 10.6. The second-order valence-electron chi connectivity index (χ2n) is 7.68. The van der Waals surface area contributed by atoms with E-state index in [9.17, 15) is 9.59 Å². The molecular formula is C21H25N5O2S2. The smallest absolute Gasteiger partial charge is 0.276 e. The molecule has 0 spiro atoms. The van der Waals surface area contributed by atoms with Crippen molar-refractivity contribution in [2.45, 2.75) is 52.2 Å². The Labute approximate surface area is 184 Å². The molecule has 3 heterocycles. The van der Waals surface area contributed by atoms with Crippen molar-refractivity contribution >= 4 is 34.7 Å². The summed E-state index contributed by atoms with van der Waals surface area (Å²) in [6.45, 7) is 8.15. The lowest BCUT2D eigenvalue weighted by atomic mass is 10.00. The minimum Gasteiger partial charge on any atom is -0.349 e. The van der Waals surface area contributed by atoms with Crippen molar-refractivity contribution in [2.75, 3.05) is 0 Å². The topological polar surface area (TPSA) is 88.1 Å². The molecule has 3 aromatic heterocycles. The third-order valence-corrected chi connectivity index (χ3v) is 6.55. The molecule has 1 N–H and O–H groups in total. The van der Waals surface area contributed by atoms with Crippen LogP contribution in [0, 0.1) is 6.92 Å². The molecule has 0 radical (unpaired) electrons. The van der Waals surface area contributed by atoms with Crippen LogP contribution in [0.3, 0.4) is 0 Å². The third-order valence-electron chi connectivity index (χ3n) is 4.97. The molecule has 0 aliphatic heterocycles. The zero-order chi connectivity index (χ0) is 21.7. The van der Waals surface area contributed by atoms with Gasteiger partial charge in [0.2, 0.25) is 5.91 Å². The molecule has 0 aliphatic carbocycles. The van der Waals surface area contributed by atoms with E-state index in [0.717, 1.165) is 34.0 Å². The molecule has 0 aliphatic rings. The average Bonchev–Trinajstić information content (AvgIpc) is 3.40. The van der Waals surface area contributed by atoms with E-state index in [0.29, 0.717) is 0 Å². The fraction of sp³-hybridized carbons (Fsp3) is 0.381. The summed E-state index contributed by atoms with van der Waals surface area (Å²) in [6.07, 6.45) is 4.14. The Hall–Kier alpha value is -2.65. The monoisotopic (exact) mass is 443 g/mol. The van der Waals surface area contributed by atoms with Crippen LogP contribution < -0.4 is 5.32 Å². The maximum atomic E-state index is 13.5. The quantitative estimate of drug-likeness (QED) is 0.569. The van der Waals surface area contributed by atoms with E-state index in [1.807, 2.05) is 51.3 Å². The Bertz CT molecular complexity index is 986. The minimum atomic E-state index is -0.787. The molecular weight excluding hydrogens is 418 g/mol. The first kappa shape index (κ1) is 22.0. The van der Waals surface area contributed by atoms with Crippen molar-refractivity contribution in [2.24, 2.45) is 0 Å². The zero-order valence-corrected chi connectivity index (χ0v) is 19.1. The molecule has 2 amide bonds. The van der Waals surface area contributed by atoms with Crippen molar-refractivity contribution in [1.82, 2.24) is 24.8 Å². The molecule has 30 heavy (non-hydrogen) atoms. The molecule has 0 saturated heterocycles. The highest BCUT2D eigenvalue weighted by Crippen LogP contribution is 2.32. The van der Waals surface area contributed by atoms with Gasteiger partial charge < -0.3 is 10.2 Å². The zero-order valence-electron chi connectivity index (χ0n) is 17.5. The van der Waals surface area contributed by atoms with E-state index in [1.165, 1.54) is 11.3 Å². The fourth-order valence-electron chi connectivity index (χ4n) is 2.93.